The average molecular weight is 450 g/mol. The summed E-state index contributed by atoms with van der Waals surface area (Å²) in [5.41, 5.74) is 0.177. The van der Waals surface area contributed by atoms with Crippen molar-refractivity contribution in [3.63, 3.8) is 0 Å². The van der Waals surface area contributed by atoms with Gasteiger partial charge in [0, 0.05) is 48.8 Å². The highest BCUT2D eigenvalue weighted by atomic mass is 79.9. The van der Waals surface area contributed by atoms with Crippen LogP contribution in [0.15, 0.2) is 34.9 Å². The highest BCUT2D eigenvalue weighted by Gasteiger charge is 2.61. The predicted octanol–water partition coefficient (Wildman–Crippen LogP) is 3.17. The predicted molar refractivity (Wildman–Crippen MR) is 103 cm³/mol. The fraction of sp³-hybridized carbons (Fsp3) is 0.450. The Balaban J connectivity index is 1.44. The van der Waals surface area contributed by atoms with Crippen molar-refractivity contribution in [2.24, 2.45) is 0 Å². The van der Waals surface area contributed by atoms with Crippen molar-refractivity contribution in [3.05, 3.63) is 34.9 Å². The van der Waals surface area contributed by atoms with Crippen LogP contribution in [0.2, 0.25) is 0 Å². The van der Waals surface area contributed by atoms with Crippen LogP contribution in [0.25, 0.3) is 10.9 Å². The summed E-state index contributed by atoms with van der Waals surface area (Å²) in [5, 5.41) is 1.02. The zero-order valence-corrected chi connectivity index (χ0v) is 17.1. The van der Waals surface area contributed by atoms with E-state index in [9.17, 15) is 9.59 Å². The molecule has 148 valence electrons. The molecule has 4 rings (SSSR count). The molecule has 1 spiro atoms. The fourth-order valence-electron chi connectivity index (χ4n) is 3.91. The molecular weight excluding hydrogens is 430 g/mol. The van der Waals surface area contributed by atoms with Crippen molar-refractivity contribution in [2.75, 3.05) is 6.61 Å². The van der Waals surface area contributed by atoms with E-state index in [4.69, 9.17) is 18.9 Å². The van der Waals surface area contributed by atoms with Crippen LogP contribution in [0, 0.1) is 0 Å². The van der Waals surface area contributed by atoms with Gasteiger partial charge in [-0.15, -0.1) is 0 Å². The molecule has 1 aliphatic heterocycles. The molecule has 2 aromatic rings. The van der Waals surface area contributed by atoms with Crippen LogP contribution in [-0.4, -0.2) is 47.4 Å². The smallest absolute Gasteiger partial charge is 0.303 e. The number of fused-ring (bicyclic) bond motifs is 1. The minimum Gasteiger partial charge on any atom is -0.490 e. The largest absolute Gasteiger partial charge is 0.490 e. The molecule has 2 heterocycles. The van der Waals surface area contributed by atoms with E-state index in [1.54, 1.807) is 6.20 Å². The summed E-state index contributed by atoms with van der Waals surface area (Å²) in [6.07, 6.45) is 1.55. The van der Waals surface area contributed by atoms with Crippen LogP contribution >= 0.6 is 15.9 Å². The number of esters is 2. The molecule has 7 nitrogen and oxygen atoms in total. The number of nitrogens with zero attached hydrogens (tertiary/aromatic N) is 1. The highest BCUT2D eigenvalue weighted by molar-refractivity contribution is 9.10. The molecule has 1 aliphatic carbocycles. The molecule has 1 saturated carbocycles. The van der Waals surface area contributed by atoms with E-state index in [1.807, 2.05) is 24.3 Å². The number of benzene rings is 1. The second-order valence-electron chi connectivity index (χ2n) is 7.21. The molecule has 0 unspecified atom stereocenters. The van der Waals surface area contributed by atoms with Crippen LogP contribution in [0.5, 0.6) is 5.75 Å². The number of rotatable bonds is 4. The lowest BCUT2D eigenvalue weighted by Crippen LogP contribution is -2.58. The van der Waals surface area contributed by atoms with Gasteiger partial charge in [0.25, 0.3) is 0 Å². The number of aromatic nitrogens is 1. The zero-order valence-electron chi connectivity index (χ0n) is 15.5. The Labute approximate surface area is 170 Å². The normalized spacial score (nSPS) is 28.8. The number of carbonyl (C=O) groups is 2. The summed E-state index contributed by atoms with van der Waals surface area (Å²) in [4.78, 5) is 27.2. The van der Waals surface area contributed by atoms with E-state index in [0.717, 1.165) is 21.1 Å². The first-order valence-electron chi connectivity index (χ1n) is 9.05. The summed E-state index contributed by atoms with van der Waals surface area (Å²) in [6.45, 7) is 2.87. The second kappa shape index (κ2) is 7.33. The van der Waals surface area contributed by atoms with Gasteiger partial charge in [-0.05, 0) is 34.1 Å². The van der Waals surface area contributed by atoms with Gasteiger partial charge in [0.1, 0.15) is 17.5 Å². The highest BCUT2D eigenvalue weighted by Crippen LogP contribution is 2.47. The van der Waals surface area contributed by atoms with E-state index in [2.05, 4.69) is 20.9 Å². The molecule has 1 aromatic carbocycles. The monoisotopic (exact) mass is 449 g/mol. The van der Waals surface area contributed by atoms with Crippen LogP contribution in [0.3, 0.4) is 0 Å². The summed E-state index contributed by atoms with van der Waals surface area (Å²) >= 11 is 3.41. The van der Waals surface area contributed by atoms with Crippen molar-refractivity contribution in [1.82, 2.24) is 4.98 Å². The third kappa shape index (κ3) is 3.71. The van der Waals surface area contributed by atoms with E-state index in [1.165, 1.54) is 13.8 Å². The standard InChI is InChI=1S/C20H20BrNO6/c1-11(23)26-18-10-25-20(19(18)27-12(2)24)7-16(8-20)28-15-4-3-13-5-14(21)9-22-17(13)6-15/h3-6,9,16,18-19H,7-8,10H2,1-2H3/t16?,18-,19-,20?/m0/s1. The van der Waals surface area contributed by atoms with Gasteiger partial charge in [0.15, 0.2) is 12.2 Å². The van der Waals surface area contributed by atoms with Gasteiger partial charge in [-0.25, -0.2) is 0 Å². The maximum atomic E-state index is 11.5. The van der Waals surface area contributed by atoms with E-state index < -0.39 is 29.7 Å². The third-order valence-corrected chi connectivity index (χ3v) is 5.51. The molecule has 2 atom stereocenters. The molecule has 2 fully saturated rings. The van der Waals surface area contributed by atoms with Crippen molar-refractivity contribution >= 4 is 38.8 Å². The first-order valence-corrected chi connectivity index (χ1v) is 9.84. The molecule has 0 N–H and O–H groups in total. The van der Waals surface area contributed by atoms with Crippen LogP contribution in [0.1, 0.15) is 26.7 Å². The number of hydrogen-bond acceptors (Lipinski definition) is 7. The van der Waals surface area contributed by atoms with Crippen LogP contribution < -0.4 is 4.74 Å². The molecule has 8 heteroatoms. The summed E-state index contributed by atoms with van der Waals surface area (Å²) in [6, 6.07) is 7.76. The Kier molecular flexibility index (Phi) is 5.01. The lowest BCUT2D eigenvalue weighted by molar-refractivity contribution is -0.189. The fourth-order valence-corrected chi connectivity index (χ4v) is 4.26. The van der Waals surface area contributed by atoms with Crippen molar-refractivity contribution < 1.29 is 28.5 Å². The minimum absolute atomic E-state index is 0.0814. The van der Waals surface area contributed by atoms with Crippen LogP contribution in [-0.2, 0) is 23.8 Å². The Morgan fingerprint density at radius 2 is 1.93 bits per heavy atom. The molecule has 0 amide bonds. The number of halogens is 1. The third-order valence-electron chi connectivity index (χ3n) is 5.07. The van der Waals surface area contributed by atoms with Gasteiger partial charge in [-0.2, -0.15) is 0 Å². The Bertz CT molecular complexity index is 926. The second-order valence-corrected chi connectivity index (χ2v) is 8.13. The van der Waals surface area contributed by atoms with Crippen LogP contribution in [0.4, 0.5) is 0 Å². The quantitative estimate of drug-likeness (QED) is 0.662. The number of hydrogen-bond donors (Lipinski definition) is 0. The zero-order chi connectivity index (χ0) is 19.9. The first kappa shape index (κ1) is 19.1. The maximum absolute atomic E-state index is 11.5. The minimum atomic E-state index is -0.670. The Morgan fingerprint density at radius 3 is 2.64 bits per heavy atom. The van der Waals surface area contributed by atoms with Gasteiger partial charge in [0.05, 0.1) is 12.1 Å². The van der Waals surface area contributed by atoms with Gasteiger partial charge in [0.2, 0.25) is 0 Å². The van der Waals surface area contributed by atoms with Crippen molar-refractivity contribution in [1.29, 1.82) is 0 Å². The summed E-state index contributed by atoms with van der Waals surface area (Å²) in [5.74, 6) is -0.130. The van der Waals surface area contributed by atoms with Gasteiger partial charge >= 0.3 is 11.9 Å². The lowest BCUT2D eigenvalue weighted by Gasteiger charge is -2.46. The van der Waals surface area contributed by atoms with E-state index >= 15 is 0 Å². The summed E-state index contributed by atoms with van der Waals surface area (Å²) in [7, 11) is 0. The molecule has 2 aliphatic rings. The number of carbonyl (C=O) groups excluding carboxylic acids is 2. The number of pyridine rings is 1. The lowest BCUT2D eigenvalue weighted by atomic mass is 9.73. The Morgan fingerprint density at radius 1 is 1.18 bits per heavy atom. The molecule has 1 saturated heterocycles. The molecule has 1 aromatic heterocycles. The maximum Gasteiger partial charge on any atom is 0.303 e. The first-order chi connectivity index (χ1) is 13.3. The van der Waals surface area contributed by atoms with Crippen molar-refractivity contribution in [3.8, 4) is 5.75 Å². The molecule has 28 heavy (non-hydrogen) atoms. The SMILES string of the molecule is CC(=O)O[C@H]1COC2(CC(Oc3ccc4cc(Br)cnc4c3)C2)[C@H]1OC(C)=O. The Hall–Kier alpha value is -2.19. The van der Waals surface area contributed by atoms with Gasteiger partial charge in [-0.1, -0.05) is 0 Å². The van der Waals surface area contributed by atoms with Gasteiger partial charge < -0.3 is 18.9 Å². The van der Waals surface area contributed by atoms with E-state index in [0.29, 0.717) is 12.8 Å². The van der Waals surface area contributed by atoms with Crippen molar-refractivity contribution in [2.45, 2.75) is 50.6 Å². The topological polar surface area (TPSA) is 84.0 Å². The number of ether oxygens (including phenoxy) is 4. The molecular formula is C20H20BrNO6. The summed E-state index contributed by atoms with van der Waals surface area (Å²) < 4.78 is 23.6. The van der Waals surface area contributed by atoms with E-state index in [-0.39, 0.29) is 12.7 Å². The van der Waals surface area contributed by atoms with Gasteiger partial charge in [-0.3, -0.25) is 14.6 Å². The molecule has 0 bridgehead atoms. The molecule has 0 radical (unpaired) electrons. The average Bonchev–Trinajstić information content (AvgIpc) is 2.92.